The van der Waals surface area contributed by atoms with Gasteiger partial charge in [0.2, 0.25) is 5.91 Å². The number of alkyl carbamates (subject to hydrolysis) is 1. The molecule has 2 aromatic carbocycles. The molecule has 3 N–H and O–H groups in total. The Bertz CT molecular complexity index is 1060. The lowest BCUT2D eigenvalue weighted by molar-refractivity contribution is -0.147. The summed E-state index contributed by atoms with van der Waals surface area (Å²) in [5, 5.41) is 14.8. The Morgan fingerprint density at radius 3 is 2.23 bits per heavy atom. The van der Waals surface area contributed by atoms with Gasteiger partial charge in [-0.3, -0.25) is 4.79 Å². The Hall–Kier alpha value is -3.39. The maximum atomic E-state index is 12.8. The molecule has 186 valence electrons. The predicted molar refractivity (Wildman–Crippen MR) is 130 cm³/mol. The van der Waals surface area contributed by atoms with E-state index < -0.39 is 35.5 Å². The van der Waals surface area contributed by atoms with E-state index in [1.165, 1.54) is 0 Å². The highest BCUT2D eigenvalue weighted by atomic mass is 16.5. The quantitative estimate of drug-likeness (QED) is 0.559. The second kappa shape index (κ2) is 10.1. The van der Waals surface area contributed by atoms with E-state index in [4.69, 9.17) is 9.47 Å². The first kappa shape index (κ1) is 24.7. The van der Waals surface area contributed by atoms with E-state index in [1.807, 2.05) is 24.3 Å². The number of carbonyl (C=O) groups is 3. The number of carbonyl (C=O) groups excluding carboxylic acids is 2. The highest BCUT2D eigenvalue weighted by Crippen LogP contribution is 2.44. The number of hydrogen-bond acceptors (Lipinski definition) is 5. The van der Waals surface area contributed by atoms with E-state index in [2.05, 4.69) is 34.9 Å². The first-order valence-electron chi connectivity index (χ1n) is 11.9. The molecule has 0 spiro atoms. The molecular formula is C27H32N2O6. The zero-order valence-electron chi connectivity index (χ0n) is 20.2. The van der Waals surface area contributed by atoms with Gasteiger partial charge in [0, 0.05) is 25.0 Å². The van der Waals surface area contributed by atoms with E-state index in [-0.39, 0.29) is 25.0 Å². The van der Waals surface area contributed by atoms with Crippen LogP contribution in [0.2, 0.25) is 0 Å². The summed E-state index contributed by atoms with van der Waals surface area (Å²) in [6, 6.07) is 15.2. The molecule has 2 aliphatic rings. The van der Waals surface area contributed by atoms with Gasteiger partial charge in [-0.05, 0) is 34.1 Å². The summed E-state index contributed by atoms with van der Waals surface area (Å²) in [4.78, 5) is 36.9. The number of fused-ring (bicyclic) bond motifs is 3. The minimum atomic E-state index is -1.10. The van der Waals surface area contributed by atoms with Crippen LogP contribution in [0.4, 0.5) is 4.79 Å². The van der Waals surface area contributed by atoms with Crippen molar-refractivity contribution in [2.24, 2.45) is 11.3 Å². The summed E-state index contributed by atoms with van der Waals surface area (Å²) < 4.78 is 11.1. The molecule has 8 heteroatoms. The van der Waals surface area contributed by atoms with Gasteiger partial charge in [0.25, 0.3) is 0 Å². The van der Waals surface area contributed by atoms with E-state index in [0.29, 0.717) is 13.0 Å². The first-order valence-corrected chi connectivity index (χ1v) is 11.9. The molecule has 1 aliphatic carbocycles. The van der Waals surface area contributed by atoms with Gasteiger partial charge < -0.3 is 25.2 Å². The van der Waals surface area contributed by atoms with Gasteiger partial charge in [-0.1, -0.05) is 69.3 Å². The Kier molecular flexibility index (Phi) is 7.12. The van der Waals surface area contributed by atoms with E-state index in [0.717, 1.165) is 22.3 Å². The van der Waals surface area contributed by atoms with Crippen molar-refractivity contribution >= 4 is 18.0 Å². The van der Waals surface area contributed by atoms with Crippen LogP contribution in [-0.2, 0) is 19.1 Å². The minimum Gasteiger partial charge on any atom is -0.480 e. The fourth-order valence-corrected chi connectivity index (χ4v) is 4.87. The van der Waals surface area contributed by atoms with Crippen LogP contribution in [0.1, 0.15) is 44.2 Å². The summed E-state index contributed by atoms with van der Waals surface area (Å²) in [5.74, 6) is -1.89. The molecule has 1 aliphatic heterocycles. The Morgan fingerprint density at radius 1 is 1.06 bits per heavy atom. The number of ether oxygens (including phenoxy) is 2. The van der Waals surface area contributed by atoms with Crippen LogP contribution in [0.25, 0.3) is 11.1 Å². The molecule has 1 heterocycles. The number of benzene rings is 2. The fraction of sp³-hybridized carbons (Fsp3) is 0.444. The lowest BCUT2D eigenvalue weighted by atomic mass is 9.86. The highest BCUT2D eigenvalue weighted by Gasteiger charge is 2.39. The topological polar surface area (TPSA) is 114 Å². The van der Waals surface area contributed by atoms with Crippen LogP contribution >= 0.6 is 0 Å². The molecule has 0 saturated carbocycles. The number of nitrogens with one attached hydrogen (secondary N) is 2. The van der Waals surface area contributed by atoms with Gasteiger partial charge in [0.05, 0.1) is 0 Å². The largest absolute Gasteiger partial charge is 0.480 e. The standard InChI is InChI=1S/C27H32N2O6/c1-27(2,3)23(25(31)32)29-24(30)22-16(12-13-34-22)14-28-26(33)35-15-21-19-10-6-4-8-17(19)18-9-5-7-11-20(18)21/h4-11,16,21-23H,12-15H2,1-3H3,(H,28,33)(H,29,30)(H,31,32)/t16-,22-,23-/m1/s1. The summed E-state index contributed by atoms with van der Waals surface area (Å²) >= 11 is 0. The summed E-state index contributed by atoms with van der Waals surface area (Å²) in [5.41, 5.74) is 3.92. The molecule has 2 aromatic rings. The Balaban J connectivity index is 1.32. The van der Waals surface area contributed by atoms with Crippen molar-refractivity contribution in [1.82, 2.24) is 10.6 Å². The van der Waals surface area contributed by atoms with Gasteiger partial charge >= 0.3 is 12.1 Å². The molecule has 0 unspecified atom stereocenters. The van der Waals surface area contributed by atoms with Gasteiger partial charge in [0.15, 0.2) is 0 Å². The molecule has 3 atom stereocenters. The van der Waals surface area contributed by atoms with Gasteiger partial charge in [-0.15, -0.1) is 0 Å². The summed E-state index contributed by atoms with van der Waals surface area (Å²) in [6.45, 7) is 6.01. The third kappa shape index (κ3) is 5.32. The molecule has 2 amide bonds. The Morgan fingerprint density at radius 2 is 1.66 bits per heavy atom. The van der Waals surface area contributed by atoms with Crippen molar-refractivity contribution in [3.8, 4) is 11.1 Å². The molecule has 4 rings (SSSR count). The lowest BCUT2D eigenvalue weighted by Gasteiger charge is -2.29. The highest BCUT2D eigenvalue weighted by molar-refractivity contribution is 5.87. The number of amides is 2. The van der Waals surface area contributed by atoms with Gasteiger partial charge in [-0.2, -0.15) is 0 Å². The molecular weight excluding hydrogens is 448 g/mol. The van der Waals surface area contributed by atoms with Crippen molar-refractivity contribution in [3.63, 3.8) is 0 Å². The maximum absolute atomic E-state index is 12.8. The van der Waals surface area contributed by atoms with Crippen LogP contribution in [0.5, 0.6) is 0 Å². The average molecular weight is 481 g/mol. The van der Waals surface area contributed by atoms with Crippen LogP contribution < -0.4 is 10.6 Å². The molecule has 35 heavy (non-hydrogen) atoms. The van der Waals surface area contributed by atoms with E-state index in [1.54, 1.807) is 20.8 Å². The van der Waals surface area contributed by atoms with Crippen LogP contribution in [-0.4, -0.2) is 55.0 Å². The summed E-state index contributed by atoms with van der Waals surface area (Å²) in [7, 11) is 0. The molecule has 0 radical (unpaired) electrons. The van der Waals surface area contributed by atoms with Crippen molar-refractivity contribution in [1.29, 1.82) is 0 Å². The molecule has 0 aromatic heterocycles. The van der Waals surface area contributed by atoms with Gasteiger partial charge in [0.1, 0.15) is 18.8 Å². The van der Waals surface area contributed by atoms with Crippen molar-refractivity contribution < 1.29 is 29.0 Å². The number of aliphatic carboxylic acids is 1. The van der Waals surface area contributed by atoms with Crippen molar-refractivity contribution in [3.05, 3.63) is 59.7 Å². The van der Waals surface area contributed by atoms with Gasteiger partial charge in [-0.25, -0.2) is 9.59 Å². The number of hydrogen-bond donors (Lipinski definition) is 3. The number of rotatable bonds is 7. The SMILES string of the molecule is CC(C)(C)[C@H](NC(=O)[C@@H]1OCC[C@@H]1CNC(=O)OCC1c2ccccc2-c2ccccc21)C(=O)O. The lowest BCUT2D eigenvalue weighted by Crippen LogP contribution is -2.53. The number of carboxylic acid groups (broad SMARTS) is 1. The zero-order chi connectivity index (χ0) is 25.2. The van der Waals surface area contributed by atoms with E-state index >= 15 is 0 Å². The molecule has 8 nitrogen and oxygen atoms in total. The number of carboxylic acids is 1. The summed E-state index contributed by atoms with van der Waals surface area (Å²) in [6.07, 6.45) is -0.807. The third-order valence-corrected chi connectivity index (χ3v) is 6.72. The molecule has 1 fully saturated rings. The monoisotopic (exact) mass is 480 g/mol. The predicted octanol–water partition coefficient (Wildman–Crippen LogP) is 3.55. The Labute approximate surface area is 205 Å². The second-order valence-corrected chi connectivity index (χ2v) is 10.2. The van der Waals surface area contributed by atoms with Crippen molar-refractivity contribution in [2.75, 3.05) is 19.8 Å². The molecule has 1 saturated heterocycles. The maximum Gasteiger partial charge on any atom is 0.407 e. The fourth-order valence-electron chi connectivity index (χ4n) is 4.87. The third-order valence-electron chi connectivity index (χ3n) is 6.72. The zero-order valence-corrected chi connectivity index (χ0v) is 20.2. The minimum absolute atomic E-state index is 0.0353. The van der Waals surface area contributed by atoms with Crippen LogP contribution in [0.15, 0.2) is 48.5 Å². The average Bonchev–Trinajstić information content (AvgIpc) is 3.41. The molecule has 0 bridgehead atoms. The van der Waals surface area contributed by atoms with Crippen LogP contribution in [0, 0.1) is 11.3 Å². The van der Waals surface area contributed by atoms with Crippen molar-refractivity contribution in [2.45, 2.75) is 45.3 Å². The van der Waals surface area contributed by atoms with E-state index in [9.17, 15) is 19.5 Å². The second-order valence-electron chi connectivity index (χ2n) is 10.2. The van der Waals surface area contributed by atoms with Crippen LogP contribution in [0.3, 0.4) is 0 Å². The first-order chi connectivity index (χ1) is 16.7. The smallest absolute Gasteiger partial charge is 0.407 e. The normalized spacial score (nSPS) is 20.0.